The van der Waals surface area contributed by atoms with Crippen LogP contribution in [-0.4, -0.2) is 6.54 Å². The van der Waals surface area contributed by atoms with Gasteiger partial charge in [0.15, 0.2) is 0 Å². The van der Waals surface area contributed by atoms with Gasteiger partial charge in [-0.05, 0) is 42.3 Å². The van der Waals surface area contributed by atoms with Gasteiger partial charge in [0.2, 0.25) is 0 Å². The zero-order valence-corrected chi connectivity index (χ0v) is 12.3. The number of benzene rings is 2. The highest BCUT2D eigenvalue weighted by atomic mass is 79.9. The quantitative estimate of drug-likeness (QED) is 0.887. The molecule has 0 aromatic heterocycles. The van der Waals surface area contributed by atoms with Crippen molar-refractivity contribution in [2.45, 2.75) is 12.3 Å². The predicted molar refractivity (Wildman–Crippen MR) is 81.1 cm³/mol. The van der Waals surface area contributed by atoms with Gasteiger partial charge in [0, 0.05) is 15.4 Å². The van der Waals surface area contributed by atoms with E-state index in [1.54, 1.807) is 0 Å². The van der Waals surface area contributed by atoms with Crippen LogP contribution >= 0.6 is 27.5 Å². The van der Waals surface area contributed by atoms with Gasteiger partial charge in [-0.3, -0.25) is 0 Å². The van der Waals surface area contributed by atoms with Gasteiger partial charge in [0.05, 0.1) is 0 Å². The molecule has 0 aliphatic heterocycles. The number of halogens is 2. The third-order valence-electron chi connectivity index (χ3n) is 3.03. The number of hydrogen-bond donors (Lipinski definition) is 1. The molecule has 0 spiro atoms. The molecular formula is C15H15BrClN. The van der Waals surface area contributed by atoms with Crippen molar-refractivity contribution in [3.05, 3.63) is 69.2 Å². The van der Waals surface area contributed by atoms with Crippen LogP contribution in [-0.2, 0) is 6.42 Å². The van der Waals surface area contributed by atoms with E-state index in [9.17, 15) is 0 Å². The van der Waals surface area contributed by atoms with E-state index < -0.39 is 0 Å². The topological polar surface area (TPSA) is 26.0 Å². The Morgan fingerprint density at radius 2 is 1.89 bits per heavy atom. The van der Waals surface area contributed by atoms with Crippen molar-refractivity contribution >= 4 is 27.5 Å². The second kappa shape index (κ2) is 6.37. The van der Waals surface area contributed by atoms with Gasteiger partial charge >= 0.3 is 0 Å². The van der Waals surface area contributed by atoms with Gasteiger partial charge in [0.25, 0.3) is 0 Å². The van der Waals surface area contributed by atoms with E-state index in [1.165, 1.54) is 5.56 Å². The Hall–Kier alpha value is -0.830. The molecule has 0 heterocycles. The molecular weight excluding hydrogens is 310 g/mol. The lowest BCUT2D eigenvalue weighted by Crippen LogP contribution is -2.15. The summed E-state index contributed by atoms with van der Waals surface area (Å²) >= 11 is 9.69. The first kappa shape index (κ1) is 13.6. The molecule has 0 bridgehead atoms. The van der Waals surface area contributed by atoms with Crippen molar-refractivity contribution in [1.82, 2.24) is 0 Å². The highest BCUT2D eigenvalue weighted by Crippen LogP contribution is 2.26. The zero-order valence-electron chi connectivity index (χ0n) is 9.94. The molecule has 0 saturated carbocycles. The lowest BCUT2D eigenvalue weighted by atomic mass is 9.92. The van der Waals surface area contributed by atoms with Gasteiger partial charge in [-0.1, -0.05) is 57.9 Å². The summed E-state index contributed by atoms with van der Waals surface area (Å²) in [6.45, 7) is 0.613. The summed E-state index contributed by atoms with van der Waals surface area (Å²) in [5, 5.41) is 0.811. The standard InChI is InChI=1S/C15H15BrClN/c16-14-6-3-5-11(9-14)13(10-18)8-12-4-1-2-7-15(12)17/h1-7,9,13H,8,10,18H2. The van der Waals surface area contributed by atoms with Crippen LogP contribution in [0.15, 0.2) is 53.0 Å². The van der Waals surface area contributed by atoms with E-state index in [2.05, 4.69) is 34.1 Å². The fourth-order valence-electron chi connectivity index (χ4n) is 2.03. The summed E-state index contributed by atoms with van der Waals surface area (Å²) < 4.78 is 1.08. The predicted octanol–water partition coefficient (Wildman–Crippen LogP) is 4.39. The third-order valence-corrected chi connectivity index (χ3v) is 3.89. The molecule has 1 nitrogen and oxygen atoms in total. The summed E-state index contributed by atoms with van der Waals surface area (Å²) in [5.41, 5.74) is 8.28. The number of nitrogens with two attached hydrogens (primary N) is 1. The van der Waals surface area contributed by atoms with Crippen LogP contribution in [0.1, 0.15) is 17.0 Å². The van der Waals surface area contributed by atoms with E-state index in [-0.39, 0.29) is 0 Å². The molecule has 0 aliphatic carbocycles. The van der Waals surface area contributed by atoms with Crippen molar-refractivity contribution in [2.75, 3.05) is 6.54 Å². The molecule has 0 radical (unpaired) electrons. The van der Waals surface area contributed by atoms with Crippen LogP contribution in [0.2, 0.25) is 5.02 Å². The van der Waals surface area contributed by atoms with E-state index in [0.717, 1.165) is 21.5 Å². The maximum Gasteiger partial charge on any atom is 0.0438 e. The maximum atomic E-state index is 6.19. The highest BCUT2D eigenvalue weighted by Gasteiger charge is 2.12. The average molecular weight is 325 g/mol. The molecule has 18 heavy (non-hydrogen) atoms. The Kier molecular flexibility index (Phi) is 4.81. The summed E-state index contributed by atoms with van der Waals surface area (Å²) in [5.74, 6) is 0.294. The zero-order chi connectivity index (χ0) is 13.0. The Morgan fingerprint density at radius 3 is 2.56 bits per heavy atom. The Balaban J connectivity index is 2.23. The Labute approximate surface area is 121 Å². The van der Waals surface area contributed by atoms with Crippen LogP contribution in [0, 0.1) is 0 Å². The second-order valence-electron chi connectivity index (χ2n) is 4.28. The molecule has 0 amide bonds. The van der Waals surface area contributed by atoms with E-state index in [0.29, 0.717) is 12.5 Å². The molecule has 3 heteroatoms. The minimum Gasteiger partial charge on any atom is -0.330 e. The van der Waals surface area contributed by atoms with Gasteiger partial charge in [-0.2, -0.15) is 0 Å². The van der Waals surface area contributed by atoms with Crippen molar-refractivity contribution in [3.8, 4) is 0 Å². The maximum absolute atomic E-state index is 6.19. The lowest BCUT2D eigenvalue weighted by molar-refractivity contribution is 0.694. The lowest BCUT2D eigenvalue weighted by Gasteiger charge is -2.16. The number of rotatable bonds is 4. The van der Waals surface area contributed by atoms with Crippen LogP contribution < -0.4 is 5.73 Å². The SMILES string of the molecule is NCC(Cc1ccccc1Cl)c1cccc(Br)c1. The smallest absolute Gasteiger partial charge is 0.0438 e. The van der Waals surface area contributed by atoms with Crippen LogP contribution in [0.4, 0.5) is 0 Å². The van der Waals surface area contributed by atoms with Gasteiger partial charge < -0.3 is 5.73 Å². The van der Waals surface area contributed by atoms with Crippen molar-refractivity contribution < 1.29 is 0 Å². The fourth-order valence-corrected chi connectivity index (χ4v) is 2.66. The molecule has 1 unspecified atom stereocenters. The summed E-state index contributed by atoms with van der Waals surface area (Å²) in [6, 6.07) is 16.2. The summed E-state index contributed by atoms with van der Waals surface area (Å²) in [4.78, 5) is 0. The molecule has 0 saturated heterocycles. The minimum absolute atomic E-state index is 0.294. The monoisotopic (exact) mass is 323 g/mol. The molecule has 2 aromatic carbocycles. The third kappa shape index (κ3) is 3.35. The molecule has 1 atom stereocenters. The first-order valence-electron chi connectivity index (χ1n) is 5.89. The molecule has 2 rings (SSSR count). The molecule has 0 fully saturated rings. The van der Waals surface area contributed by atoms with Gasteiger partial charge in [0.1, 0.15) is 0 Å². The minimum atomic E-state index is 0.294. The normalized spacial score (nSPS) is 12.4. The largest absolute Gasteiger partial charge is 0.330 e. The van der Waals surface area contributed by atoms with E-state index >= 15 is 0 Å². The fraction of sp³-hybridized carbons (Fsp3) is 0.200. The van der Waals surface area contributed by atoms with Crippen LogP contribution in [0.3, 0.4) is 0 Å². The second-order valence-corrected chi connectivity index (χ2v) is 5.61. The van der Waals surface area contributed by atoms with E-state index in [1.807, 2.05) is 30.3 Å². The van der Waals surface area contributed by atoms with E-state index in [4.69, 9.17) is 17.3 Å². The molecule has 2 N–H and O–H groups in total. The van der Waals surface area contributed by atoms with Crippen LogP contribution in [0.25, 0.3) is 0 Å². The molecule has 2 aromatic rings. The average Bonchev–Trinajstić information content (AvgIpc) is 2.38. The highest BCUT2D eigenvalue weighted by molar-refractivity contribution is 9.10. The number of hydrogen-bond acceptors (Lipinski definition) is 1. The first-order chi connectivity index (χ1) is 8.70. The summed E-state index contributed by atoms with van der Waals surface area (Å²) in [6.07, 6.45) is 0.868. The molecule has 94 valence electrons. The summed E-state index contributed by atoms with van der Waals surface area (Å²) in [7, 11) is 0. The van der Waals surface area contributed by atoms with Gasteiger partial charge in [-0.25, -0.2) is 0 Å². The Bertz CT molecular complexity index is 527. The van der Waals surface area contributed by atoms with Crippen molar-refractivity contribution in [2.24, 2.45) is 5.73 Å². The van der Waals surface area contributed by atoms with Crippen molar-refractivity contribution in [1.29, 1.82) is 0 Å². The van der Waals surface area contributed by atoms with Crippen LogP contribution in [0.5, 0.6) is 0 Å². The van der Waals surface area contributed by atoms with Gasteiger partial charge in [-0.15, -0.1) is 0 Å². The first-order valence-corrected chi connectivity index (χ1v) is 7.06. The van der Waals surface area contributed by atoms with Crippen molar-refractivity contribution in [3.63, 3.8) is 0 Å². The Morgan fingerprint density at radius 1 is 1.11 bits per heavy atom. The molecule has 0 aliphatic rings.